The summed E-state index contributed by atoms with van der Waals surface area (Å²) in [6, 6.07) is 36.9. The number of hydrogen-bond acceptors (Lipinski definition) is 3. The van der Waals surface area contributed by atoms with E-state index in [2.05, 4.69) is 0 Å². The van der Waals surface area contributed by atoms with E-state index >= 15 is 0 Å². The third-order valence-corrected chi connectivity index (χ3v) is 4.77. The molecule has 0 aliphatic rings. The molecule has 0 saturated heterocycles. The van der Waals surface area contributed by atoms with Crippen molar-refractivity contribution in [3.63, 3.8) is 0 Å². The van der Waals surface area contributed by atoms with Gasteiger partial charge < -0.3 is 0 Å². The van der Waals surface area contributed by atoms with Gasteiger partial charge in [0.2, 0.25) is 11.6 Å². The Kier molecular flexibility index (Phi) is 8.41. The first kappa shape index (κ1) is 22.6. The molecule has 0 aliphatic carbocycles. The van der Waals surface area contributed by atoms with E-state index in [4.69, 9.17) is 0 Å². The second kappa shape index (κ2) is 11.9. The maximum atomic E-state index is 11.8. The van der Waals surface area contributed by atoms with Gasteiger partial charge in [-0.05, 0) is 11.1 Å². The maximum absolute atomic E-state index is 11.8. The molecule has 0 radical (unpaired) electrons. The van der Waals surface area contributed by atoms with Crippen molar-refractivity contribution in [3.05, 3.63) is 144 Å². The highest BCUT2D eigenvalue weighted by Gasteiger charge is 2.17. The molecule has 0 atom stereocenters. The van der Waals surface area contributed by atoms with Crippen molar-refractivity contribution >= 4 is 17.3 Å². The number of hydrogen-bond donors (Lipinski definition) is 0. The summed E-state index contributed by atoms with van der Waals surface area (Å²) in [4.78, 5) is 35.4. The van der Waals surface area contributed by atoms with Crippen molar-refractivity contribution < 1.29 is 14.4 Å². The van der Waals surface area contributed by atoms with Crippen LogP contribution in [0.15, 0.2) is 121 Å². The predicted molar refractivity (Wildman–Crippen MR) is 127 cm³/mol. The summed E-state index contributed by atoms with van der Waals surface area (Å²) in [6.45, 7) is 0. The van der Waals surface area contributed by atoms with Crippen LogP contribution in [0.2, 0.25) is 0 Å². The third kappa shape index (κ3) is 6.99. The highest BCUT2D eigenvalue weighted by atomic mass is 16.2. The Morgan fingerprint density at radius 1 is 0.406 bits per heavy atom. The SMILES string of the molecule is O=C(C(=O)c1ccccc1)c1ccccc1.O=C(Cc1ccccc1)Cc1ccccc1. The fraction of sp³-hybridized carbons (Fsp3) is 0.0690. The maximum Gasteiger partial charge on any atom is 0.233 e. The van der Waals surface area contributed by atoms with Gasteiger partial charge >= 0.3 is 0 Å². The number of carbonyl (C=O) groups excluding carboxylic acids is 3. The van der Waals surface area contributed by atoms with Crippen LogP contribution in [0.25, 0.3) is 0 Å². The van der Waals surface area contributed by atoms with Gasteiger partial charge in [0, 0.05) is 24.0 Å². The zero-order chi connectivity index (χ0) is 22.6. The minimum Gasteiger partial charge on any atom is -0.299 e. The molecule has 0 spiro atoms. The highest BCUT2D eigenvalue weighted by Crippen LogP contribution is 2.07. The summed E-state index contributed by atoms with van der Waals surface area (Å²) in [7, 11) is 0. The van der Waals surface area contributed by atoms with Crippen molar-refractivity contribution in [1.82, 2.24) is 0 Å². The van der Waals surface area contributed by atoms with E-state index in [0.717, 1.165) is 11.1 Å². The zero-order valence-electron chi connectivity index (χ0n) is 17.7. The first-order valence-corrected chi connectivity index (χ1v) is 10.4. The molecule has 0 N–H and O–H groups in total. The average Bonchev–Trinajstić information content (AvgIpc) is 2.86. The zero-order valence-corrected chi connectivity index (χ0v) is 17.7. The van der Waals surface area contributed by atoms with Gasteiger partial charge in [0.05, 0.1) is 0 Å². The van der Waals surface area contributed by atoms with Crippen molar-refractivity contribution in [2.45, 2.75) is 12.8 Å². The van der Waals surface area contributed by atoms with Crippen LogP contribution in [0.3, 0.4) is 0 Å². The molecule has 0 fully saturated rings. The number of rotatable bonds is 7. The van der Waals surface area contributed by atoms with Gasteiger partial charge in [-0.25, -0.2) is 0 Å². The number of benzene rings is 4. The molecule has 3 nitrogen and oxygen atoms in total. The van der Waals surface area contributed by atoms with Crippen LogP contribution in [-0.4, -0.2) is 17.3 Å². The molecule has 4 aromatic carbocycles. The lowest BCUT2D eigenvalue weighted by atomic mass is 10.0. The second-order valence-corrected chi connectivity index (χ2v) is 7.25. The van der Waals surface area contributed by atoms with Gasteiger partial charge in [0.1, 0.15) is 5.78 Å². The van der Waals surface area contributed by atoms with E-state index in [9.17, 15) is 14.4 Å². The van der Waals surface area contributed by atoms with E-state index in [-0.39, 0.29) is 5.78 Å². The summed E-state index contributed by atoms with van der Waals surface area (Å²) in [5, 5.41) is 0. The molecule has 0 aromatic heterocycles. The topological polar surface area (TPSA) is 51.2 Å². The molecule has 3 heteroatoms. The third-order valence-electron chi connectivity index (χ3n) is 4.77. The first-order valence-electron chi connectivity index (χ1n) is 10.4. The molecule has 0 aliphatic heterocycles. The van der Waals surface area contributed by atoms with Gasteiger partial charge in [-0.3, -0.25) is 14.4 Å². The number of carbonyl (C=O) groups is 3. The Morgan fingerprint density at radius 2 is 0.688 bits per heavy atom. The van der Waals surface area contributed by atoms with Crippen molar-refractivity contribution in [2.24, 2.45) is 0 Å². The molecule has 158 valence electrons. The highest BCUT2D eigenvalue weighted by molar-refractivity contribution is 6.49. The monoisotopic (exact) mass is 420 g/mol. The Hall–Kier alpha value is -4.11. The van der Waals surface area contributed by atoms with Gasteiger partial charge in [-0.2, -0.15) is 0 Å². The Bertz CT molecular complexity index is 1040. The van der Waals surface area contributed by atoms with Gasteiger partial charge in [0.15, 0.2) is 0 Å². The quantitative estimate of drug-likeness (QED) is 0.281. The van der Waals surface area contributed by atoms with E-state index < -0.39 is 11.6 Å². The normalized spacial score (nSPS) is 9.88. The lowest BCUT2D eigenvalue weighted by Gasteiger charge is -2.01. The predicted octanol–water partition coefficient (Wildman–Crippen LogP) is 5.79. The van der Waals surface area contributed by atoms with E-state index in [1.54, 1.807) is 48.5 Å². The van der Waals surface area contributed by atoms with Crippen LogP contribution >= 0.6 is 0 Å². The Balaban J connectivity index is 0.000000181. The Labute approximate surface area is 188 Å². The van der Waals surface area contributed by atoms with Crippen LogP contribution in [0.4, 0.5) is 0 Å². The fourth-order valence-electron chi connectivity index (χ4n) is 3.15. The second-order valence-electron chi connectivity index (χ2n) is 7.25. The average molecular weight is 421 g/mol. The van der Waals surface area contributed by atoms with Crippen LogP contribution in [0.1, 0.15) is 31.8 Å². The minimum atomic E-state index is -0.466. The molecule has 4 aromatic rings. The molecule has 0 bridgehead atoms. The van der Waals surface area contributed by atoms with Gasteiger partial charge in [-0.15, -0.1) is 0 Å². The molecule has 4 rings (SSSR count). The van der Waals surface area contributed by atoms with E-state index in [1.807, 2.05) is 72.8 Å². The van der Waals surface area contributed by atoms with Gasteiger partial charge in [-0.1, -0.05) is 121 Å². The van der Waals surface area contributed by atoms with Crippen molar-refractivity contribution in [2.75, 3.05) is 0 Å². The van der Waals surface area contributed by atoms with E-state index in [0.29, 0.717) is 24.0 Å². The van der Waals surface area contributed by atoms with Gasteiger partial charge in [0.25, 0.3) is 0 Å². The lowest BCUT2D eigenvalue weighted by Crippen LogP contribution is -2.14. The first-order chi connectivity index (χ1) is 15.6. The van der Waals surface area contributed by atoms with Crippen LogP contribution in [0, 0.1) is 0 Å². The molecule has 0 amide bonds. The van der Waals surface area contributed by atoms with Crippen LogP contribution in [-0.2, 0) is 17.6 Å². The van der Waals surface area contributed by atoms with E-state index in [1.165, 1.54) is 0 Å². The summed E-state index contributed by atoms with van der Waals surface area (Å²) < 4.78 is 0. The molecule has 0 heterocycles. The molecule has 0 unspecified atom stereocenters. The molecule has 32 heavy (non-hydrogen) atoms. The van der Waals surface area contributed by atoms with Crippen LogP contribution in [0.5, 0.6) is 0 Å². The lowest BCUT2D eigenvalue weighted by molar-refractivity contribution is -0.117. The van der Waals surface area contributed by atoms with Crippen molar-refractivity contribution in [3.8, 4) is 0 Å². The largest absolute Gasteiger partial charge is 0.299 e. The molecular formula is C29H24O3. The van der Waals surface area contributed by atoms with Crippen molar-refractivity contribution in [1.29, 1.82) is 0 Å². The number of Topliss-reactive ketones (excluding diaryl/α,β-unsaturated/α-hetero) is 3. The molecular weight excluding hydrogens is 396 g/mol. The smallest absolute Gasteiger partial charge is 0.233 e. The minimum absolute atomic E-state index is 0.261. The van der Waals surface area contributed by atoms with Crippen LogP contribution < -0.4 is 0 Å². The molecule has 0 saturated carbocycles. The Morgan fingerprint density at radius 3 is 1.00 bits per heavy atom. The fourth-order valence-corrected chi connectivity index (χ4v) is 3.15. The standard InChI is InChI=1S/C15H14O.C14H10O2/c16-15(11-13-7-3-1-4-8-13)12-14-9-5-2-6-10-14;15-13(11-7-3-1-4-8-11)14(16)12-9-5-2-6-10-12/h1-10H,11-12H2;1-10H. The summed E-state index contributed by atoms with van der Waals surface area (Å²) >= 11 is 0. The number of ketones is 3. The summed E-state index contributed by atoms with van der Waals surface area (Å²) in [5.74, 6) is -0.670. The summed E-state index contributed by atoms with van der Waals surface area (Å²) in [5.41, 5.74) is 3.03. The summed E-state index contributed by atoms with van der Waals surface area (Å²) in [6.07, 6.45) is 1.05.